The number of hydrogen-bond acceptors (Lipinski definition) is 4. The van der Waals surface area contributed by atoms with Gasteiger partial charge in [0, 0.05) is 22.9 Å². The number of benzene rings is 4. The molecule has 0 aliphatic rings. The summed E-state index contributed by atoms with van der Waals surface area (Å²) in [6, 6.07) is 35.8. The van der Waals surface area contributed by atoms with E-state index in [1.807, 2.05) is 6.07 Å². The van der Waals surface area contributed by atoms with Crippen molar-refractivity contribution in [2.45, 2.75) is 36.8 Å². The van der Waals surface area contributed by atoms with Gasteiger partial charge in [0.2, 0.25) is 0 Å². The van der Waals surface area contributed by atoms with Gasteiger partial charge in [0.1, 0.15) is 0 Å². The van der Waals surface area contributed by atoms with Crippen molar-refractivity contribution in [3.63, 3.8) is 0 Å². The third-order valence-corrected chi connectivity index (χ3v) is 8.13. The van der Waals surface area contributed by atoms with Crippen LogP contribution in [-0.4, -0.2) is 19.7 Å². The Kier molecular flexibility index (Phi) is 7.30. The maximum Gasteiger partial charge on any atom is 0.191 e. The van der Waals surface area contributed by atoms with Crippen LogP contribution in [0.25, 0.3) is 22.0 Å². The first-order chi connectivity index (χ1) is 19.2. The van der Waals surface area contributed by atoms with Gasteiger partial charge in [-0.1, -0.05) is 114 Å². The van der Waals surface area contributed by atoms with Crippen LogP contribution in [0.4, 0.5) is 0 Å². The topological polar surface area (TPSA) is 72.5 Å². The molecule has 2 aromatic heterocycles. The Morgan fingerprint density at radius 2 is 1.56 bits per heavy atom. The number of nitrogens with two attached hydrogens (primary N) is 1. The molecule has 0 saturated carbocycles. The van der Waals surface area contributed by atoms with E-state index in [9.17, 15) is 0 Å². The van der Waals surface area contributed by atoms with Crippen LogP contribution in [0.1, 0.15) is 34.1 Å². The molecule has 0 spiro atoms. The quantitative estimate of drug-likeness (QED) is 0.193. The zero-order valence-electron chi connectivity index (χ0n) is 21.9. The van der Waals surface area contributed by atoms with Gasteiger partial charge >= 0.3 is 0 Å². The van der Waals surface area contributed by atoms with E-state index in [2.05, 4.69) is 130 Å². The Bertz CT molecular complexity index is 1680. The molecular weight excluding hydrogens is 498 g/mol. The Hall–Kier alpha value is -4.13. The average molecular weight is 530 g/mol. The highest BCUT2D eigenvalue weighted by molar-refractivity contribution is 7.98. The van der Waals surface area contributed by atoms with Crippen LogP contribution in [0, 0.1) is 6.92 Å². The van der Waals surface area contributed by atoms with E-state index in [1.54, 1.807) is 11.8 Å². The molecular formula is C33H31N5S. The number of fused-ring (bicyclic) bond motifs is 1. The first-order valence-electron chi connectivity index (χ1n) is 13.2. The number of aryl methyl sites for hydroxylation is 1. The minimum absolute atomic E-state index is 0.284. The molecule has 0 saturated heterocycles. The van der Waals surface area contributed by atoms with Crippen molar-refractivity contribution in [1.82, 2.24) is 19.7 Å². The van der Waals surface area contributed by atoms with Gasteiger partial charge in [0.25, 0.3) is 0 Å². The Balaban J connectivity index is 1.30. The van der Waals surface area contributed by atoms with Crippen molar-refractivity contribution >= 4 is 22.7 Å². The lowest BCUT2D eigenvalue weighted by Crippen LogP contribution is -2.20. The second kappa shape index (κ2) is 11.3. The molecule has 194 valence electrons. The molecule has 6 rings (SSSR count). The highest BCUT2D eigenvalue weighted by atomic mass is 32.2. The Labute approximate surface area is 233 Å². The highest BCUT2D eigenvalue weighted by Gasteiger charge is 2.21. The lowest BCUT2D eigenvalue weighted by molar-refractivity contribution is 0.589. The molecule has 1 unspecified atom stereocenters. The van der Waals surface area contributed by atoms with Crippen LogP contribution in [-0.2, 0) is 18.7 Å². The fourth-order valence-corrected chi connectivity index (χ4v) is 5.97. The van der Waals surface area contributed by atoms with Gasteiger partial charge in [-0.15, -0.1) is 10.2 Å². The average Bonchev–Trinajstić information content (AvgIpc) is 3.57. The minimum Gasteiger partial charge on any atom is -0.361 e. The fraction of sp³-hybridized carbons (Fsp3) is 0.152. The van der Waals surface area contributed by atoms with Gasteiger partial charge in [0.15, 0.2) is 11.0 Å². The van der Waals surface area contributed by atoms with Gasteiger partial charge < -0.3 is 15.3 Å². The summed E-state index contributed by atoms with van der Waals surface area (Å²) in [6.07, 6.45) is 2.74. The van der Waals surface area contributed by atoms with Crippen LogP contribution in [0.2, 0.25) is 0 Å². The van der Waals surface area contributed by atoms with Crippen molar-refractivity contribution in [3.8, 4) is 11.1 Å². The first-order valence-corrected chi connectivity index (χ1v) is 14.2. The first kappa shape index (κ1) is 25.2. The summed E-state index contributed by atoms with van der Waals surface area (Å²) in [7, 11) is 0. The Morgan fingerprint density at radius 3 is 2.41 bits per heavy atom. The van der Waals surface area contributed by atoms with Gasteiger partial charge in [0.05, 0.1) is 12.6 Å². The van der Waals surface area contributed by atoms with Gasteiger partial charge in [-0.3, -0.25) is 0 Å². The van der Waals surface area contributed by atoms with E-state index in [1.165, 1.54) is 38.8 Å². The smallest absolute Gasteiger partial charge is 0.191 e. The van der Waals surface area contributed by atoms with Gasteiger partial charge in [-0.05, 0) is 47.2 Å². The van der Waals surface area contributed by atoms with Crippen molar-refractivity contribution in [3.05, 3.63) is 137 Å². The van der Waals surface area contributed by atoms with Crippen molar-refractivity contribution in [1.29, 1.82) is 0 Å². The summed E-state index contributed by atoms with van der Waals surface area (Å²) < 4.78 is 2.19. The molecule has 2 heterocycles. The summed E-state index contributed by atoms with van der Waals surface area (Å²) in [6.45, 7) is 2.78. The second-order valence-electron chi connectivity index (χ2n) is 9.89. The van der Waals surface area contributed by atoms with E-state index >= 15 is 0 Å². The van der Waals surface area contributed by atoms with E-state index < -0.39 is 0 Å². The number of rotatable bonds is 9. The van der Waals surface area contributed by atoms with E-state index in [4.69, 9.17) is 5.73 Å². The second-order valence-corrected chi connectivity index (χ2v) is 10.8. The number of hydrogen-bond donors (Lipinski definition) is 2. The molecule has 6 aromatic rings. The molecule has 0 amide bonds. The summed E-state index contributed by atoms with van der Waals surface area (Å²) in [5, 5.41) is 11.4. The summed E-state index contributed by atoms with van der Waals surface area (Å²) in [5.41, 5.74) is 15.3. The number of aromatic nitrogens is 4. The monoisotopic (exact) mass is 529 g/mol. The van der Waals surface area contributed by atoms with Gasteiger partial charge in [-0.25, -0.2) is 0 Å². The molecule has 0 bridgehead atoms. The Morgan fingerprint density at radius 1 is 0.821 bits per heavy atom. The molecule has 0 radical (unpaired) electrons. The van der Waals surface area contributed by atoms with Crippen molar-refractivity contribution in [2.75, 3.05) is 0 Å². The molecule has 4 aromatic carbocycles. The van der Waals surface area contributed by atoms with E-state index in [0.29, 0.717) is 13.0 Å². The van der Waals surface area contributed by atoms with Crippen LogP contribution < -0.4 is 5.73 Å². The maximum absolute atomic E-state index is 6.83. The molecule has 0 aliphatic heterocycles. The van der Waals surface area contributed by atoms with Crippen molar-refractivity contribution in [2.24, 2.45) is 5.73 Å². The molecule has 39 heavy (non-hydrogen) atoms. The lowest BCUT2D eigenvalue weighted by Gasteiger charge is -2.16. The third-order valence-electron chi connectivity index (χ3n) is 7.11. The van der Waals surface area contributed by atoms with Crippen molar-refractivity contribution < 1.29 is 0 Å². The molecule has 0 fully saturated rings. The summed E-state index contributed by atoms with van der Waals surface area (Å²) in [5.74, 6) is 1.59. The molecule has 3 N–H and O–H groups in total. The predicted molar refractivity (Wildman–Crippen MR) is 161 cm³/mol. The number of nitrogens with zero attached hydrogens (tertiary/aromatic N) is 3. The zero-order chi connectivity index (χ0) is 26.6. The van der Waals surface area contributed by atoms with Crippen LogP contribution in [0.3, 0.4) is 0 Å². The third kappa shape index (κ3) is 5.53. The molecule has 6 heteroatoms. The summed E-state index contributed by atoms with van der Waals surface area (Å²) >= 11 is 1.71. The standard InChI is InChI=1S/C33H31N5S/c1-23-15-17-24(18-16-23)21-38-32(30(34)19-27-20-35-31-14-8-7-13-29(27)31)36-37-33(38)39-22-26-11-5-6-12-28(26)25-9-3-2-4-10-25/h2-18,20,30,35H,19,21-22,34H2,1H3. The number of thioether (sulfide) groups is 1. The van der Waals surface area contributed by atoms with Crippen LogP contribution in [0.5, 0.6) is 0 Å². The van der Waals surface area contributed by atoms with Crippen LogP contribution in [0.15, 0.2) is 114 Å². The normalized spacial score (nSPS) is 12.2. The van der Waals surface area contributed by atoms with Gasteiger partial charge in [-0.2, -0.15) is 0 Å². The maximum atomic E-state index is 6.83. The highest BCUT2D eigenvalue weighted by Crippen LogP contribution is 2.31. The SMILES string of the molecule is Cc1ccc(Cn2c(SCc3ccccc3-c3ccccc3)nnc2C(N)Cc2c[nH]c3ccccc23)cc1. The largest absolute Gasteiger partial charge is 0.361 e. The predicted octanol–water partition coefficient (Wildman–Crippen LogP) is 7.32. The fourth-order valence-electron chi connectivity index (χ4n) is 5.02. The van der Waals surface area contributed by atoms with E-state index in [0.717, 1.165) is 22.3 Å². The number of nitrogens with one attached hydrogen (secondary N) is 1. The molecule has 0 aliphatic carbocycles. The number of H-pyrrole nitrogens is 1. The summed E-state index contributed by atoms with van der Waals surface area (Å²) in [4.78, 5) is 3.36. The zero-order valence-corrected chi connectivity index (χ0v) is 22.7. The lowest BCUT2D eigenvalue weighted by atomic mass is 10.0. The minimum atomic E-state index is -0.284. The van der Waals surface area contributed by atoms with Crippen LogP contribution >= 0.6 is 11.8 Å². The number of aromatic amines is 1. The molecule has 5 nitrogen and oxygen atoms in total. The number of para-hydroxylation sites is 1. The van der Waals surface area contributed by atoms with E-state index in [-0.39, 0.29) is 6.04 Å². The molecule has 1 atom stereocenters.